The van der Waals surface area contributed by atoms with Crippen molar-refractivity contribution in [1.82, 2.24) is 9.47 Å². The summed E-state index contributed by atoms with van der Waals surface area (Å²) in [4.78, 5) is 15.8. The monoisotopic (exact) mass is 356 g/mol. The molecule has 1 aliphatic heterocycles. The van der Waals surface area contributed by atoms with Crippen molar-refractivity contribution in [2.45, 2.75) is 19.5 Å². The van der Waals surface area contributed by atoms with Crippen molar-refractivity contribution in [3.63, 3.8) is 0 Å². The molecule has 2 aromatic rings. The van der Waals surface area contributed by atoms with Crippen LogP contribution in [-0.4, -0.2) is 35.3 Å². The van der Waals surface area contributed by atoms with Gasteiger partial charge in [0, 0.05) is 37.3 Å². The summed E-state index contributed by atoms with van der Waals surface area (Å²) >= 11 is 5.25. The van der Waals surface area contributed by atoms with Gasteiger partial charge in [0.1, 0.15) is 0 Å². The van der Waals surface area contributed by atoms with E-state index in [0.717, 1.165) is 40.9 Å². The van der Waals surface area contributed by atoms with Crippen LogP contribution in [0.4, 0.5) is 0 Å². The number of hydrogen-bond donors (Lipinski definition) is 0. The average Bonchev–Trinajstić information content (AvgIpc) is 2.83. The lowest BCUT2D eigenvalue weighted by Crippen LogP contribution is -2.42. The molecule has 0 spiro atoms. The van der Waals surface area contributed by atoms with Crippen LogP contribution in [0, 0.1) is 0 Å². The molecule has 2 aromatic heterocycles. The smallest absolute Gasteiger partial charge is 0.259 e. The van der Waals surface area contributed by atoms with Gasteiger partial charge >= 0.3 is 0 Å². The van der Waals surface area contributed by atoms with Gasteiger partial charge in [0.25, 0.3) is 5.56 Å². The number of pyridine rings is 1. The Bertz CT molecular complexity index is 694. The Hall–Kier alpha value is -0.690. The molecule has 0 saturated carbocycles. The lowest BCUT2D eigenvalue weighted by atomic mass is 10.2. The molecule has 4 nitrogen and oxygen atoms in total. The maximum Gasteiger partial charge on any atom is 0.259 e. The average molecular weight is 357 g/mol. The zero-order valence-electron chi connectivity index (χ0n) is 11.6. The first-order valence-electron chi connectivity index (χ1n) is 6.65. The molecule has 0 bridgehead atoms. The summed E-state index contributed by atoms with van der Waals surface area (Å²) < 4.78 is 9.12. The molecule has 20 heavy (non-hydrogen) atoms. The molecule has 0 radical (unpaired) electrons. The fraction of sp³-hybridized carbons (Fsp3) is 0.500. The van der Waals surface area contributed by atoms with Gasteiger partial charge < -0.3 is 9.30 Å². The largest absolute Gasteiger partial charge is 0.379 e. The minimum atomic E-state index is 0.0701. The third-order valence-electron chi connectivity index (χ3n) is 3.72. The molecule has 1 fully saturated rings. The van der Waals surface area contributed by atoms with E-state index in [-0.39, 0.29) is 5.56 Å². The van der Waals surface area contributed by atoms with Crippen LogP contribution >= 0.6 is 27.3 Å². The van der Waals surface area contributed by atoms with Crippen molar-refractivity contribution in [3.05, 3.63) is 32.0 Å². The quantitative estimate of drug-likeness (QED) is 0.829. The standard InChI is InChI=1S/C14H17BrN2O2S/c1-9-8-19-4-3-17(9)6-10-5-11-13(20-10)12(15)7-16(2)14(11)18/h5,7,9H,3-4,6,8H2,1-2H3/t9-/m0/s1. The molecule has 0 N–H and O–H groups in total. The normalized spacial score (nSPS) is 20.6. The summed E-state index contributed by atoms with van der Waals surface area (Å²) in [6, 6.07) is 2.47. The van der Waals surface area contributed by atoms with Crippen LogP contribution < -0.4 is 5.56 Å². The van der Waals surface area contributed by atoms with Gasteiger partial charge in [-0.3, -0.25) is 9.69 Å². The van der Waals surface area contributed by atoms with Gasteiger partial charge in [-0.25, -0.2) is 0 Å². The minimum Gasteiger partial charge on any atom is -0.379 e. The zero-order chi connectivity index (χ0) is 14.3. The highest BCUT2D eigenvalue weighted by Gasteiger charge is 2.20. The second-order valence-electron chi connectivity index (χ2n) is 5.24. The first kappa shape index (κ1) is 14.3. The van der Waals surface area contributed by atoms with E-state index in [0.29, 0.717) is 6.04 Å². The van der Waals surface area contributed by atoms with Crippen molar-refractivity contribution in [2.24, 2.45) is 7.05 Å². The number of aromatic nitrogens is 1. The molecule has 1 atom stereocenters. The number of ether oxygens (including phenoxy) is 1. The molecule has 1 saturated heterocycles. The van der Waals surface area contributed by atoms with Gasteiger partial charge in [-0.1, -0.05) is 0 Å². The summed E-state index contributed by atoms with van der Waals surface area (Å²) in [6.45, 7) is 5.60. The van der Waals surface area contributed by atoms with Gasteiger partial charge in [0.2, 0.25) is 0 Å². The van der Waals surface area contributed by atoms with Crippen LogP contribution in [0.2, 0.25) is 0 Å². The van der Waals surface area contributed by atoms with E-state index in [4.69, 9.17) is 4.74 Å². The van der Waals surface area contributed by atoms with E-state index in [1.54, 1.807) is 23.0 Å². The van der Waals surface area contributed by atoms with Crippen LogP contribution in [0.25, 0.3) is 10.1 Å². The van der Waals surface area contributed by atoms with Crippen LogP contribution in [-0.2, 0) is 18.3 Å². The van der Waals surface area contributed by atoms with Gasteiger partial charge in [-0.15, -0.1) is 11.3 Å². The van der Waals surface area contributed by atoms with Crippen molar-refractivity contribution in [1.29, 1.82) is 0 Å². The van der Waals surface area contributed by atoms with Gasteiger partial charge in [-0.2, -0.15) is 0 Å². The molecule has 0 aromatic carbocycles. The molecular weight excluding hydrogens is 340 g/mol. The molecule has 0 aliphatic carbocycles. The van der Waals surface area contributed by atoms with Crippen molar-refractivity contribution < 1.29 is 4.74 Å². The van der Waals surface area contributed by atoms with Gasteiger partial charge in [-0.05, 0) is 28.9 Å². The SMILES string of the molecule is C[C@H]1COCCN1Cc1cc2c(=O)n(C)cc(Br)c2s1. The number of aryl methyl sites for hydroxylation is 1. The Morgan fingerprint density at radius 3 is 3.10 bits per heavy atom. The van der Waals surface area contributed by atoms with Crippen LogP contribution in [0.3, 0.4) is 0 Å². The third kappa shape index (κ3) is 2.57. The first-order valence-corrected chi connectivity index (χ1v) is 8.26. The van der Waals surface area contributed by atoms with E-state index >= 15 is 0 Å². The number of nitrogens with zero attached hydrogens (tertiary/aromatic N) is 2. The van der Waals surface area contributed by atoms with Gasteiger partial charge in [0.05, 0.1) is 27.8 Å². The van der Waals surface area contributed by atoms with Crippen molar-refractivity contribution in [3.8, 4) is 0 Å². The number of thiophene rings is 1. The highest BCUT2D eigenvalue weighted by molar-refractivity contribution is 9.10. The fourth-order valence-corrected chi connectivity index (χ4v) is 4.37. The van der Waals surface area contributed by atoms with E-state index in [9.17, 15) is 4.79 Å². The Labute approximate surface area is 130 Å². The Morgan fingerprint density at radius 1 is 1.55 bits per heavy atom. The number of fused-ring (bicyclic) bond motifs is 1. The number of hydrogen-bond acceptors (Lipinski definition) is 4. The first-order chi connectivity index (χ1) is 9.56. The maximum absolute atomic E-state index is 12.2. The summed E-state index contributed by atoms with van der Waals surface area (Å²) in [5, 5.41) is 0.808. The molecule has 108 valence electrons. The predicted molar refractivity (Wildman–Crippen MR) is 85.5 cm³/mol. The lowest BCUT2D eigenvalue weighted by Gasteiger charge is -2.32. The van der Waals surface area contributed by atoms with E-state index in [2.05, 4.69) is 27.8 Å². The molecule has 6 heteroatoms. The maximum atomic E-state index is 12.2. The van der Waals surface area contributed by atoms with E-state index in [1.807, 2.05) is 12.3 Å². The van der Waals surface area contributed by atoms with E-state index in [1.165, 1.54) is 4.88 Å². The molecular formula is C14H17BrN2O2S. The van der Waals surface area contributed by atoms with Crippen molar-refractivity contribution >= 4 is 37.4 Å². The second-order valence-corrected chi connectivity index (χ2v) is 7.23. The predicted octanol–water partition coefficient (Wildman–Crippen LogP) is 2.58. The molecule has 1 aliphatic rings. The summed E-state index contributed by atoms with van der Waals surface area (Å²) in [5.41, 5.74) is 0.0701. The number of rotatable bonds is 2. The fourth-order valence-electron chi connectivity index (χ4n) is 2.53. The van der Waals surface area contributed by atoms with Crippen LogP contribution in [0.1, 0.15) is 11.8 Å². The highest BCUT2D eigenvalue weighted by Crippen LogP contribution is 2.31. The lowest BCUT2D eigenvalue weighted by molar-refractivity contribution is -0.00390. The summed E-state index contributed by atoms with van der Waals surface area (Å²) in [6.07, 6.45) is 1.84. The Balaban J connectivity index is 1.95. The Morgan fingerprint density at radius 2 is 2.35 bits per heavy atom. The number of halogens is 1. The van der Waals surface area contributed by atoms with Crippen molar-refractivity contribution in [2.75, 3.05) is 19.8 Å². The molecule has 0 amide bonds. The highest BCUT2D eigenvalue weighted by atomic mass is 79.9. The molecule has 0 unspecified atom stereocenters. The summed E-state index contributed by atoms with van der Waals surface area (Å²) in [7, 11) is 1.79. The third-order valence-corrected chi connectivity index (χ3v) is 5.74. The number of morpholine rings is 1. The molecule has 3 rings (SSSR count). The second kappa shape index (κ2) is 5.60. The van der Waals surface area contributed by atoms with Crippen LogP contribution in [0.5, 0.6) is 0 Å². The van der Waals surface area contributed by atoms with Gasteiger partial charge in [0.15, 0.2) is 0 Å². The topological polar surface area (TPSA) is 34.5 Å². The van der Waals surface area contributed by atoms with Crippen LogP contribution in [0.15, 0.2) is 21.5 Å². The van der Waals surface area contributed by atoms with E-state index < -0.39 is 0 Å². The summed E-state index contributed by atoms with van der Waals surface area (Å²) in [5.74, 6) is 0. The Kier molecular flexibility index (Phi) is 3.99. The molecule has 3 heterocycles. The minimum absolute atomic E-state index is 0.0701. The zero-order valence-corrected chi connectivity index (χ0v) is 14.0.